The van der Waals surface area contributed by atoms with Crippen LogP contribution in [0.2, 0.25) is 0 Å². The van der Waals surface area contributed by atoms with E-state index in [2.05, 4.69) is 17.2 Å². The number of aliphatic imine (C=N–C) groups is 1. The van der Waals surface area contributed by atoms with Gasteiger partial charge in [0, 0.05) is 28.1 Å². The highest BCUT2D eigenvalue weighted by molar-refractivity contribution is 8.38. The zero-order chi connectivity index (χ0) is 18.6. The molecule has 0 fully saturated rings. The second kappa shape index (κ2) is 8.23. The Labute approximate surface area is 166 Å². The van der Waals surface area contributed by atoms with Crippen molar-refractivity contribution in [2.24, 2.45) is 4.99 Å². The van der Waals surface area contributed by atoms with Crippen molar-refractivity contribution >= 4 is 50.5 Å². The molecule has 4 nitrogen and oxygen atoms in total. The van der Waals surface area contributed by atoms with Crippen LogP contribution in [-0.2, 0) is 12.2 Å². The van der Waals surface area contributed by atoms with E-state index in [1.807, 2.05) is 48.5 Å². The first kappa shape index (κ1) is 18.2. The number of carbonyl (C=O) groups excluding carboxylic acids is 1. The Bertz CT molecular complexity index is 993. The van der Waals surface area contributed by atoms with Gasteiger partial charge in [0.15, 0.2) is 5.76 Å². The third-order valence-electron chi connectivity index (χ3n) is 4.42. The number of thioether (sulfide) groups is 2. The van der Waals surface area contributed by atoms with Crippen molar-refractivity contribution in [2.75, 3.05) is 17.6 Å². The minimum atomic E-state index is -0.216. The molecule has 0 spiro atoms. The van der Waals surface area contributed by atoms with Crippen LogP contribution in [-0.4, -0.2) is 22.6 Å². The summed E-state index contributed by atoms with van der Waals surface area (Å²) < 4.78 is 7.01. The molecular formula is C21H20N2O2S2. The molecule has 1 aromatic heterocycles. The zero-order valence-corrected chi connectivity index (χ0v) is 16.7. The normalized spacial score (nSPS) is 13.7. The van der Waals surface area contributed by atoms with Gasteiger partial charge in [0.2, 0.25) is 0 Å². The summed E-state index contributed by atoms with van der Waals surface area (Å²) in [4.78, 5) is 17.4. The molecule has 1 amide bonds. The SMILES string of the molecule is CCc1ccc(NC(=O)c2oc3ccccc3c2CSC2=NCCS2)cc1. The zero-order valence-electron chi connectivity index (χ0n) is 15.0. The fourth-order valence-corrected chi connectivity index (χ4v) is 5.01. The van der Waals surface area contributed by atoms with Gasteiger partial charge in [-0.3, -0.25) is 9.79 Å². The van der Waals surface area contributed by atoms with Gasteiger partial charge in [-0.2, -0.15) is 0 Å². The number of anilines is 1. The lowest BCUT2D eigenvalue weighted by molar-refractivity contribution is 0.0998. The van der Waals surface area contributed by atoms with Crippen LogP contribution in [0.4, 0.5) is 5.69 Å². The summed E-state index contributed by atoms with van der Waals surface area (Å²) in [5, 5.41) is 3.95. The quantitative estimate of drug-likeness (QED) is 0.611. The van der Waals surface area contributed by atoms with Crippen LogP contribution in [0.5, 0.6) is 0 Å². The molecule has 0 bridgehead atoms. The monoisotopic (exact) mass is 396 g/mol. The van der Waals surface area contributed by atoms with Gasteiger partial charge in [0.05, 0.1) is 6.54 Å². The highest BCUT2D eigenvalue weighted by Crippen LogP contribution is 2.33. The number of para-hydroxylation sites is 1. The van der Waals surface area contributed by atoms with Crippen molar-refractivity contribution in [3.63, 3.8) is 0 Å². The predicted octanol–water partition coefficient (Wildman–Crippen LogP) is 5.58. The molecule has 1 aliphatic heterocycles. The summed E-state index contributed by atoms with van der Waals surface area (Å²) in [6.45, 7) is 2.99. The summed E-state index contributed by atoms with van der Waals surface area (Å²) in [6, 6.07) is 15.7. The second-order valence-corrected chi connectivity index (χ2v) is 8.50. The molecule has 2 heterocycles. The number of rotatable bonds is 5. The molecule has 27 heavy (non-hydrogen) atoms. The van der Waals surface area contributed by atoms with E-state index in [1.165, 1.54) is 5.56 Å². The molecule has 0 saturated carbocycles. The molecule has 0 atom stereocenters. The van der Waals surface area contributed by atoms with Gasteiger partial charge in [-0.1, -0.05) is 60.8 Å². The average molecular weight is 397 g/mol. The summed E-state index contributed by atoms with van der Waals surface area (Å²) in [6.07, 6.45) is 0.973. The first-order valence-corrected chi connectivity index (χ1v) is 10.9. The average Bonchev–Trinajstić information content (AvgIpc) is 3.34. The Morgan fingerprint density at radius 1 is 1.22 bits per heavy atom. The van der Waals surface area contributed by atoms with E-state index in [-0.39, 0.29) is 5.91 Å². The van der Waals surface area contributed by atoms with Crippen molar-refractivity contribution < 1.29 is 9.21 Å². The first-order chi connectivity index (χ1) is 13.2. The Morgan fingerprint density at radius 3 is 2.78 bits per heavy atom. The standard InChI is InChI=1S/C21H20N2O2S2/c1-2-14-7-9-15(10-8-14)23-20(24)19-17(13-27-21-22-11-12-26-21)16-5-3-4-6-18(16)25-19/h3-10H,2,11-13H2,1H3,(H,23,24). The fraction of sp³-hybridized carbons (Fsp3) is 0.238. The summed E-state index contributed by atoms with van der Waals surface area (Å²) >= 11 is 3.44. The molecule has 3 aromatic rings. The van der Waals surface area contributed by atoms with Gasteiger partial charge < -0.3 is 9.73 Å². The van der Waals surface area contributed by atoms with Crippen LogP contribution in [0.1, 0.15) is 28.6 Å². The van der Waals surface area contributed by atoms with Crippen molar-refractivity contribution in [3.05, 3.63) is 65.4 Å². The number of amides is 1. The summed E-state index contributed by atoms with van der Waals surface area (Å²) in [7, 11) is 0. The third kappa shape index (κ3) is 4.06. The minimum Gasteiger partial charge on any atom is -0.451 e. The largest absolute Gasteiger partial charge is 0.451 e. The van der Waals surface area contributed by atoms with Crippen molar-refractivity contribution in [3.8, 4) is 0 Å². The Balaban J connectivity index is 1.60. The number of benzene rings is 2. The second-order valence-electron chi connectivity index (χ2n) is 6.20. The van der Waals surface area contributed by atoms with Gasteiger partial charge >= 0.3 is 0 Å². The Morgan fingerprint density at radius 2 is 2.04 bits per heavy atom. The van der Waals surface area contributed by atoms with Crippen molar-refractivity contribution in [2.45, 2.75) is 19.1 Å². The van der Waals surface area contributed by atoms with Crippen LogP contribution >= 0.6 is 23.5 Å². The van der Waals surface area contributed by atoms with Gasteiger partial charge in [-0.15, -0.1) is 0 Å². The molecule has 0 unspecified atom stereocenters. The predicted molar refractivity (Wildman–Crippen MR) is 116 cm³/mol. The number of carbonyl (C=O) groups is 1. The number of furan rings is 1. The maximum Gasteiger partial charge on any atom is 0.291 e. The molecular weight excluding hydrogens is 376 g/mol. The lowest BCUT2D eigenvalue weighted by atomic mass is 10.1. The summed E-state index contributed by atoms with van der Waals surface area (Å²) in [5.41, 5.74) is 3.67. The highest BCUT2D eigenvalue weighted by atomic mass is 32.2. The lowest BCUT2D eigenvalue weighted by Gasteiger charge is -2.06. The van der Waals surface area contributed by atoms with Gasteiger partial charge in [0.25, 0.3) is 5.91 Å². The smallest absolute Gasteiger partial charge is 0.291 e. The molecule has 138 valence electrons. The maximum absolute atomic E-state index is 12.9. The van der Waals surface area contributed by atoms with Gasteiger partial charge in [-0.05, 0) is 30.2 Å². The fourth-order valence-electron chi connectivity index (χ4n) is 2.97. The van der Waals surface area contributed by atoms with E-state index >= 15 is 0 Å². The number of hydrogen-bond donors (Lipinski definition) is 1. The topological polar surface area (TPSA) is 54.6 Å². The Kier molecular flexibility index (Phi) is 5.55. The number of nitrogens with zero attached hydrogens (tertiary/aromatic N) is 1. The summed E-state index contributed by atoms with van der Waals surface area (Å²) in [5.74, 6) is 1.87. The maximum atomic E-state index is 12.9. The molecule has 0 radical (unpaired) electrons. The van der Waals surface area contributed by atoms with Crippen molar-refractivity contribution in [1.29, 1.82) is 0 Å². The Hall–Kier alpha value is -2.18. The van der Waals surface area contributed by atoms with Gasteiger partial charge in [-0.25, -0.2) is 0 Å². The number of nitrogens with one attached hydrogen (secondary N) is 1. The van der Waals surface area contributed by atoms with E-state index in [1.54, 1.807) is 23.5 Å². The van der Waals surface area contributed by atoms with Crippen LogP contribution in [0.15, 0.2) is 57.9 Å². The molecule has 4 rings (SSSR count). The minimum absolute atomic E-state index is 0.216. The highest BCUT2D eigenvalue weighted by Gasteiger charge is 2.21. The van der Waals surface area contributed by atoms with E-state index in [0.717, 1.165) is 45.3 Å². The number of aryl methyl sites for hydroxylation is 1. The molecule has 6 heteroatoms. The van der Waals surface area contributed by atoms with E-state index in [0.29, 0.717) is 11.5 Å². The molecule has 1 aliphatic rings. The van der Waals surface area contributed by atoms with Gasteiger partial charge in [0.1, 0.15) is 9.96 Å². The number of fused-ring (bicyclic) bond motifs is 1. The van der Waals surface area contributed by atoms with Crippen molar-refractivity contribution in [1.82, 2.24) is 0 Å². The third-order valence-corrected chi connectivity index (χ3v) is 6.70. The van der Waals surface area contributed by atoms with Crippen LogP contribution in [0, 0.1) is 0 Å². The van der Waals surface area contributed by atoms with Crippen LogP contribution in [0.3, 0.4) is 0 Å². The molecule has 0 saturated heterocycles. The van der Waals surface area contributed by atoms with E-state index in [4.69, 9.17) is 4.42 Å². The lowest BCUT2D eigenvalue weighted by Crippen LogP contribution is -2.12. The van der Waals surface area contributed by atoms with Crippen LogP contribution < -0.4 is 5.32 Å². The van der Waals surface area contributed by atoms with E-state index < -0.39 is 0 Å². The van der Waals surface area contributed by atoms with E-state index in [9.17, 15) is 4.79 Å². The number of hydrogen-bond acceptors (Lipinski definition) is 5. The van der Waals surface area contributed by atoms with Crippen LogP contribution in [0.25, 0.3) is 11.0 Å². The molecule has 1 N–H and O–H groups in total. The molecule has 0 aliphatic carbocycles. The first-order valence-electron chi connectivity index (χ1n) is 8.95. The molecule has 2 aromatic carbocycles.